The third-order valence-corrected chi connectivity index (χ3v) is 5.82. The summed E-state index contributed by atoms with van der Waals surface area (Å²) in [5.41, 5.74) is 1.63. The Hall–Kier alpha value is -3.13. The summed E-state index contributed by atoms with van der Waals surface area (Å²) in [6.45, 7) is 0.368. The molecule has 1 saturated carbocycles. The Balaban J connectivity index is 1.34. The van der Waals surface area contributed by atoms with E-state index in [-0.39, 0.29) is 24.3 Å². The van der Waals surface area contributed by atoms with Gasteiger partial charge in [0.05, 0.1) is 19.2 Å². The molecular formula is C21H20N4O3S. The molecule has 148 valence electrons. The summed E-state index contributed by atoms with van der Waals surface area (Å²) in [6, 6.07) is 10.8. The number of aromatic amines is 1. The number of fused-ring (bicyclic) bond motifs is 1. The smallest absolute Gasteiger partial charge is 0.252 e. The number of carbonyl (C=O) groups is 2. The predicted molar refractivity (Wildman–Crippen MR) is 112 cm³/mol. The lowest BCUT2D eigenvalue weighted by molar-refractivity contribution is -0.131. The maximum atomic E-state index is 13.0. The molecule has 1 saturated heterocycles. The van der Waals surface area contributed by atoms with Crippen LogP contribution in [0.5, 0.6) is 0 Å². The van der Waals surface area contributed by atoms with Gasteiger partial charge in [-0.2, -0.15) is 0 Å². The Kier molecular flexibility index (Phi) is 4.35. The van der Waals surface area contributed by atoms with Gasteiger partial charge in [0.2, 0.25) is 5.91 Å². The van der Waals surface area contributed by atoms with Crippen molar-refractivity contribution in [3.05, 3.63) is 54.6 Å². The van der Waals surface area contributed by atoms with E-state index in [2.05, 4.69) is 10.3 Å². The van der Waals surface area contributed by atoms with Crippen LogP contribution in [0.2, 0.25) is 0 Å². The standard InChI is InChI=1S/C21H20N4O3S/c26-19(23-14-4-3-13-7-8-22-17(13)10-14)11-18-20(27)25(15-5-6-15)21(29)24(18)12-16-2-1-9-28-16/h1-4,7-10,15,18,22H,5-6,11-12H2,(H,23,26). The fraction of sp³-hybridized carbons (Fsp3) is 0.286. The Morgan fingerprint density at radius 1 is 1.28 bits per heavy atom. The number of nitrogens with one attached hydrogen (secondary N) is 2. The number of aromatic nitrogens is 1. The average molecular weight is 408 g/mol. The molecule has 2 fully saturated rings. The van der Waals surface area contributed by atoms with E-state index in [9.17, 15) is 9.59 Å². The number of hydrogen-bond donors (Lipinski definition) is 2. The van der Waals surface area contributed by atoms with Crippen LogP contribution in [0.15, 0.2) is 53.3 Å². The number of rotatable bonds is 6. The van der Waals surface area contributed by atoms with Gasteiger partial charge in [-0.15, -0.1) is 0 Å². The molecule has 0 radical (unpaired) electrons. The molecule has 3 aromatic rings. The van der Waals surface area contributed by atoms with Crippen LogP contribution in [-0.2, 0) is 16.1 Å². The van der Waals surface area contributed by atoms with E-state index < -0.39 is 6.04 Å². The van der Waals surface area contributed by atoms with E-state index in [0.29, 0.717) is 23.1 Å². The number of amides is 2. The molecule has 7 nitrogen and oxygen atoms in total. The van der Waals surface area contributed by atoms with Crippen LogP contribution >= 0.6 is 12.2 Å². The topological polar surface area (TPSA) is 81.6 Å². The highest BCUT2D eigenvalue weighted by molar-refractivity contribution is 7.80. The van der Waals surface area contributed by atoms with Gasteiger partial charge >= 0.3 is 0 Å². The van der Waals surface area contributed by atoms with Crippen molar-refractivity contribution < 1.29 is 14.0 Å². The number of thiocarbonyl (C=S) groups is 1. The molecular weight excluding hydrogens is 388 g/mol. The highest BCUT2D eigenvalue weighted by Gasteiger charge is 2.49. The van der Waals surface area contributed by atoms with Crippen LogP contribution < -0.4 is 5.32 Å². The van der Waals surface area contributed by atoms with Gasteiger partial charge in [0.25, 0.3) is 5.91 Å². The maximum absolute atomic E-state index is 13.0. The van der Waals surface area contributed by atoms with Crippen LogP contribution in [0, 0.1) is 0 Å². The zero-order chi connectivity index (χ0) is 20.0. The second kappa shape index (κ2) is 7.04. The Morgan fingerprint density at radius 2 is 2.14 bits per heavy atom. The number of nitrogens with zero attached hydrogens (tertiary/aromatic N) is 2. The van der Waals surface area contributed by atoms with Crippen molar-refractivity contribution in [1.29, 1.82) is 0 Å². The first kappa shape index (κ1) is 17.9. The van der Waals surface area contributed by atoms with E-state index in [1.807, 2.05) is 41.4 Å². The van der Waals surface area contributed by atoms with Crippen molar-refractivity contribution in [3.63, 3.8) is 0 Å². The van der Waals surface area contributed by atoms with Gasteiger partial charge < -0.3 is 19.6 Å². The molecule has 3 heterocycles. The predicted octanol–water partition coefficient (Wildman–Crippen LogP) is 3.25. The molecule has 2 N–H and O–H groups in total. The molecule has 2 amide bonds. The zero-order valence-electron chi connectivity index (χ0n) is 15.6. The van der Waals surface area contributed by atoms with Gasteiger partial charge in [0, 0.05) is 23.4 Å². The van der Waals surface area contributed by atoms with Gasteiger partial charge in [-0.05, 0) is 60.8 Å². The van der Waals surface area contributed by atoms with Crippen molar-refractivity contribution in [2.75, 3.05) is 5.32 Å². The van der Waals surface area contributed by atoms with E-state index in [1.54, 1.807) is 17.2 Å². The largest absolute Gasteiger partial charge is 0.467 e. The number of furan rings is 1. The van der Waals surface area contributed by atoms with Crippen LogP contribution in [0.1, 0.15) is 25.0 Å². The minimum atomic E-state index is -0.623. The summed E-state index contributed by atoms with van der Waals surface area (Å²) in [4.78, 5) is 32.4. The molecule has 2 aliphatic rings. The molecule has 0 spiro atoms. The lowest BCUT2D eigenvalue weighted by Crippen LogP contribution is -2.37. The first-order chi connectivity index (χ1) is 14.1. The van der Waals surface area contributed by atoms with Crippen molar-refractivity contribution in [2.24, 2.45) is 0 Å². The molecule has 29 heavy (non-hydrogen) atoms. The monoisotopic (exact) mass is 408 g/mol. The molecule has 1 aromatic carbocycles. The van der Waals surface area contributed by atoms with Gasteiger partial charge in [-0.3, -0.25) is 14.5 Å². The van der Waals surface area contributed by atoms with Crippen LogP contribution in [0.25, 0.3) is 10.9 Å². The summed E-state index contributed by atoms with van der Waals surface area (Å²) in [7, 11) is 0. The first-order valence-electron chi connectivity index (χ1n) is 9.63. The van der Waals surface area contributed by atoms with Crippen molar-refractivity contribution >= 4 is 45.7 Å². The highest BCUT2D eigenvalue weighted by Crippen LogP contribution is 2.34. The fourth-order valence-corrected chi connectivity index (χ4v) is 4.22. The maximum Gasteiger partial charge on any atom is 0.252 e. The molecule has 1 atom stereocenters. The zero-order valence-corrected chi connectivity index (χ0v) is 16.4. The quantitative estimate of drug-likeness (QED) is 0.612. The second-order valence-electron chi connectivity index (χ2n) is 7.48. The number of anilines is 1. The van der Waals surface area contributed by atoms with Crippen molar-refractivity contribution in [1.82, 2.24) is 14.8 Å². The SMILES string of the molecule is O=C(CC1C(=O)N(C2CC2)C(=S)N1Cc1ccco1)Nc1ccc2cc[nH]c2c1. The van der Waals surface area contributed by atoms with Crippen LogP contribution in [-0.4, -0.2) is 43.8 Å². The van der Waals surface area contributed by atoms with Gasteiger partial charge in [-0.25, -0.2) is 0 Å². The third-order valence-electron chi connectivity index (χ3n) is 5.39. The summed E-state index contributed by atoms with van der Waals surface area (Å²) in [5.74, 6) is 0.388. The Labute approximate surface area is 172 Å². The van der Waals surface area contributed by atoms with E-state index >= 15 is 0 Å². The van der Waals surface area contributed by atoms with Gasteiger partial charge in [0.15, 0.2) is 5.11 Å². The molecule has 2 aromatic heterocycles. The van der Waals surface area contributed by atoms with E-state index in [4.69, 9.17) is 16.6 Å². The number of benzene rings is 1. The Bertz CT molecular complexity index is 1090. The summed E-state index contributed by atoms with van der Waals surface area (Å²) in [6.07, 6.45) is 5.39. The van der Waals surface area contributed by atoms with Gasteiger partial charge in [-0.1, -0.05) is 6.07 Å². The lowest BCUT2D eigenvalue weighted by Gasteiger charge is -2.22. The minimum absolute atomic E-state index is 0.0334. The lowest BCUT2D eigenvalue weighted by atomic mass is 10.1. The first-order valence-corrected chi connectivity index (χ1v) is 10.0. The molecule has 5 rings (SSSR count). The fourth-order valence-electron chi connectivity index (χ4n) is 3.79. The summed E-state index contributed by atoms with van der Waals surface area (Å²) < 4.78 is 5.44. The summed E-state index contributed by atoms with van der Waals surface area (Å²) in [5, 5.41) is 4.46. The molecule has 0 bridgehead atoms. The third kappa shape index (κ3) is 3.40. The van der Waals surface area contributed by atoms with E-state index in [1.165, 1.54) is 0 Å². The van der Waals surface area contributed by atoms with Crippen LogP contribution in [0.4, 0.5) is 5.69 Å². The van der Waals surface area contributed by atoms with Crippen molar-refractivity contribution in [3.8, 4) is 0 Å². The average Bonchev–Trinajstić information content (AvgIpc) is 3.12. The number of hydrogen-bond acceptors (Lipinski definition) is 4. The second-order valence-corrected chi connectivity index (χ2v) is 7.84. The normalized spacial score (nSPS) is 19.4. The van der Waals surface area contributed by atoms with Crippen molar-refractivity contribution in [2.45, 2.75) is 37.9 Å². The highest BCUT2D eigenvalue weighted by atomic mass is 32.1. The van der Waals surface area contributed by atoms with E-state index in [0.717, 1.165) is 23.7 Å². The molecule has 1 unspecified atom stereocenters. The van der Waals surface area contributed by atoms with Gasteiger partial charge in [0.1, 0.15) is 11.8 Å². The summed E-state index contributed by atoms with van der Waals surface area (Å²) >= 11 is 5.58. The Morgan fingerprint density at radius 3 is 2.90 bits per heavy atom. The molecule has 8 heteroatoms. The number of carbonyl (C=O) groups excluding carboxylic acids is 2. The molecule has 1 aliphatic carbocycles. The van der Waals surface area contributed by atoms with Crippen LogP contribution in [0.3, 0.4) is 0 Å². The number of H-pyrrole nitrogens is 1. The molecule has 1 aliphatic heterocycles. The minimum Gasteiger partial charge on any atom is -0.467 e.